The summed E-state index contributed by atoms with van der Waals surface area (Å²) in [5.41, 5.74) is 0.191. The second kappa shape index (κ2) is 8.68. The highest BCUT2D eigenvalue weighted by Crippen LogP contribution is 2.20. The van der Waals surface area contributed by atoms with E-state index < -0.39 is 0 Å². The Kier molecular flexibility index (Phi) is 6.08. The lowest BCUT2D eigenvalue weighted by Gasteiger charge is -2.17. The number of methoxy groups -OCH3 is 1. The van der Waals surface area contributed by atoms with Crippen LogP contribution in [0.5, 0.6) is 11.5 Å². The highest BCUT2D eigenvalue weighted by Gasteiger charge is 2.31. The number of nitrogens with one attached hydrogen (secondary N) is 1. The summed E-state index contributed by atoms with van der Waals surface area (Å²) in [6, 6.07) is 8.58. The number of aromatic nitrogens is 1. The van der Waals surface area contributed by atoms with E-state index in [4.69, 9.17) is 23.5 Å². The third kappa shape index (κ3) is 4.53. The van der Waals surface area contributed by atoms with Gasteiger partial charge in [-0.1, -0.05) is 11.2 Å². The van der Waals surface area contributed by atoms with Crippen LogP contribution < -0.4 is 14.8 Å². The molecular formula is C18H22N2O6. The van der Waals surface area contributed by atoms with Gasteiger partial charge in [0.05, 0.1) is 26.4 Å². The topological polar surface area (TPSA) is 92.1 Å². The van der Waals surface area contributed by atoms with Gasteiger partial charge in [0.2, 0.25) is 0 Å². The van der Waals surface area contributed by atoms with Gasteiger partial charge in [-0.15, -0.1) is 0 Å². The molecule has 1 saturated heterocycles. The van der Waals surface area contributed by atoms with Gasteiger partial charge < -0.3 is 28.8 Å². The minimum atomic E-state index is -0.332. The molecule has 1 aliphatic rings. The zero-order chi connectivity index (χ0) is 18.4. The summed E-state index contributed by atoms with van der Waals surface area (Å²) < 4.78 is 26.8. The zero-order valence-corrected chi connectivity index (χ0v) is 14.8. The van der Waals surface area contributed by atoms with Crippen LogP contribution in [0.25, 0.3) is 0 Å². The predicted molar refractivity (Wildman–Crippen MR) is 91.3 cm³/mol. The molecule has 1 aromatic carbocycles. The van der Waals surface area contributed by atoms with E-state index in [1.165, 1.54) is 0 Å². The minimum Gasteiger partial charge on any atom is -0.497 e. The second-order valence-corrected chi connectivity index (χ2v) is 5.76. The van der Waals surface area contributed by atoms with Crippen LogP contribution in [0.2, 0.25) is 0 Å². The molecule has 2 heterocycles. The molecule has 0 radical (unpaired) electrons. The van der Waals surface area contributed by atoms with Gasteiger partial charge in [0, 0.05) is 18.7 Å². The summed E-state index contributed by atoms with van der Waals surface area (Å²) in [5, 5.41) is 6.67. The maximum atomic E-state index is 12.3. The summed E-state index contributed by atoms with van der Waals surface area (Å²) in [7, 11) is 1.59. The molecule has 140 valence electrons. The number of amides is 1. The zero-order valence-electron chi connectivity index (χ0n) is 14.8. The molecule has 0 aliphatic carbocycles. The highest BCUT2D eigenvalue weighted by molar-refractivity contribution is 5.92. The van der Waals surface area contributed by atoms with Crippen molar-refractivity contribution < 1.29 is 28.3 Å². The van der Waals surface area contributed by atoms with E-state index in [-0.39, 0.29) is 30.4 Å². The van der Waals surface area contributed by atoms with Crippen LogP contribution >= 0.6 is 0 Å². The number of carbonyl (C=O) groups is 1. The van der Waals surface area contributed by atoms with E-state index in [1.807, 2.05) is 19.1 Å². The van der Waals surface area contributed by atoms with Crippen molar-refractivity contribution in [1.82, 2.24) is 10.5 Å². The summed E-state index contributed by atoms with van der Waals surface area (Å²) in [4.78, 5) is 12.3. The van der Waals surface area contributed by atoms with Crippen molar-refractivity contribution in [3.05, 3.63) is 41.8 Å². The van der Waals surface area contributed by atoms with E-state index in [0.29, 0.717) is 37.1 Å². The van der Waals surface area contributed by atoms with Crippen molar-refractivity contribution in [3.8, 4) is 11.5 Å². The molecule has 3 rings (SSSR count). The molecular weight excluding hydrogens is 340 g/mol. The lowest BCUT2D eigenvalue weighted by atomic mass is 10.2. The Morgan fingerprint density at radius 3 is 2.96 bits per heavy atom. The first-order chi connectivity index (χ1) is 12.7. The number of nitrogens with zero attached hydrogens (tertiary/aromatic N) is 1. The lowest BCUT2D eigenvalue weighted by molar-refractivity contribution is 0.0401. The van der Waals surface area contributed by atoms with Crippen LogP contribution in [0.4, 0.5) is 0 Å². The van der Waals surface area contributed by atoms with Gasteiger partial charge in [0.15, 0.2) is 11.5 Å². The number of hydrogen-bond donors (Lipinski definition) is 1. The van der Waals surface area contributed by atoms with Gasteiger partial charge >= 0.3 is 0 Å². The van der Waals surface area contributed by atoms with Crippen molar-refractivity contribution in [2.24, 2.45) is 0 Å². The van der Waals surface area contributed by atoms with Crippen LogP contribution in [0.3, 0.4) is 0 Å². The molecule has 1 aromatic heterocycles. The number of rotatable bonds is 8. The average molecular weight is 362 g/mol. The van der Waals surface area contributed by atoms with Crippen LogP contribution in [-0.4, -0.2) is 50.1 Å². The van der Waals surface area contributed by atoms with Crippen molar-refractivity contribution in [1.29, 1.82) is 0 Å². The number of carbonyl (C=O) groups excluding carboxylic acids is 1. The minimum absolute atomic E-state index is 0.147. The molecule has 2 atom stereocenters. The van der Waals surface area contributed by atoms with Crippen LogP contribution in [0, 0.1) is 0 Å². The summed E-state index contributed by atoms with van der Waals surface area (Å²) in [5.74, 6) is 1.45. The van der Waals surface area contributed by atoms with Gasteiger partial charge in [-0.3, -0.25) is 4.79 Å². The molecule has 2 aromatic rings. The fourth-order valence-corrected chi connectivity index (χ4v) is 2.62. The number of benzene rings is 1. The quantitative estimate of drug-likeness (QED) is 0.765. The number of ether oxygens (including phenoxy) is 4. The first kappa shape index (κ1) is 18.2. The second-order valence-electron chi connectivity index (χ2n) is 5.76. The average Bonchev–Trinajstić information content (AvgIpc) is 3.30. The Morgan fingerprint density at radius 1 is 1.31 bits per heavy atom. The summed E-state index contributed by atoms with van der Waals surface area (Å²) in [6.07, 6.45) is -0.147. The van der Waals surface area contributed by atoms with Gasteiger partial charge in [-0.25, -0.2) is 0 Å². The van der Waals surface area contributed by atoms with Gasteiger partial charge in [-0.2, -0.15) is 0 Å². The Bertz CT molecular complexity index is 732. The predicted octanol–water partition coefficient (Wildman–Crippen LogP) is 1.80. The van der Waals surface area contributed by atoms with Crippen molar-refractivity contribution in [2.45, 2.75) is 25.7 Å². The Labute approximate surface area is 151 Å². The smallest absolute Gasteiger partial charge is 0.273 e. The lowest BCUT2D eigenvalue weighted by Crippen LogP contribution is -2.43. The molecule has 0 bridgehead atoms. The third-order valence-electron chi connectivity index (χ3n) is 3.94. The largest absolute Gasteiger partial charge is 0.497 e. The third-order valence-corrected chi connectivity index (χ3v) is 3.94. The first-order valence-electron chi connectivity index (χ1n) is 8.42. The Morgan fingerprint density at radius 2 is 2.15 bits per heavy atom. The van der Waals surface area contributed by atoms with E-state index in [2.05, 4.69) is 10.5 Å². The van der Waals surface area contributed by atoms with Crippen molar-refractivity contribution in [3.63, 3.8) is 0 Å². The first-order valence-corrected chi connectivity index (χ1v) is 8.42. The van der Waals surface area contributed by atoms with Crippen LogP contribution in [-0.2, 0) is 16.1 Å². The molecule has 1 amide bonds. The summed E-state index contributed by atoms with van der Waals surface area (Å²) >= 11 is 0. The van der Waals surface area contributed by atoms with E-state index in [1.54, 1.807) is 25.3 Å². The summed E-state index contributed by atoms with van der Waals surface area (Å²) in [6.45, 7) is 3.51. The molecule has 0 saturated carbocycles. The molecule has 1 N–H and O–H groups in total. The van der Waals surface area contributed by atoms with Crippen molar-refractivity contribution >= 4 is 5.91 Å². The fourth-order valence-electron chi connectivity index (χ4n) is 2.62. The monoisotopic (exact) mass is 362 g/mol. The van der Waals surface area contributed by atoms with E-state index in [9.17, 15) is 4.79 Å². The van der Waals surface area contributed by atoms with E-state index in [0.717, 1.165) is 0 Å². The highest BCUT2D eigenvalue weighted by atomic mass is 16.5. The maximum absolute atomic E-state index is 12.3. The molecule has 8 heteroatoms. The molecule has 0 spiro atoms. The Hall–Kier alpha value is -2.58. The van der Waals surface area contributed by atoms with E-state index >= 15 is 0 Å². The molecule has 26 heavy (non-hydrogen) atoms. The fraction of sp³-hybridized carbons (Fsp3) is 0.444. The normalized spacial score (nSPS) is 19.3. The number of hydrogen-bond acceptors (Lipinski definition) is 7. The van der Waals surface area contributed by atoms with Crippen LogP contribution in [0.15, 0.2) is 34.9 Å². The molecule has 8 nitrogen and oxygen atoms in total. The van der Waals surface area contributed by atoms with Crippen molar-refractivity contribution in [2.75, 3.05) is 26.9 Å². The van der Waals surface area contributed by atoms with Crippen LogP contribution in [0.1, 0.15) is 23.2 Å². The molecule has 1 fully saturated rings. The van der Waals surface area contributed by atoms with Gasteiger partial charge in [0.1, 0.15) is 24.2 Å². The molecule has 1 aliphatic heterocycles. The maximum Gasteiger partial charge on any atom is 0.273 e. The van der Waals surface area contributed by atoms with Gasteiger partial charge in [-0.05, 0) is 19.1 Å². The standard InChI is InChI=1S/C18H22N2O6/c1-3-24-17-11-23-10-16(17)19-18(21)15-8-14(26-20-15)9-25-13-6-4-5-12(7-13)22-2/h4-8,16-17H,3,9-11H2,1-2H3,(H,19,21)/t16-,17-/m0/s1. The molecule has 0 unspecified atom stereocenters. The SMILES string of the molecule is CCO[C@H]1COC[C@@H]1NC(=O)c1cc(COc2cccc(OC)c2)on1. The Balaban J connectivity index is 1.54. The van der Waals surface area contributed by atoms with Gasteiger partial charge in [0.25, 0.3) is 5.91 Å².